The van der Waals surface area contributed by atoms with E-state index in [1.807, 2.05) is 126 Å². The lowest BCUT2D eigenvalue weighted by Crippen LogP contribution is -2.15. The Bertz CT molecular complexity index is 5380. The lowest BCUT2D eigenvalue weighted by Gasteiger charge is -2.31. The Morgan fingerprint density at radius 1 is 0.346 bits per heavy atom. The maximum Gasteiger partial charge on any atom is 0.0648 e. The molecule has 0 radical (unpaired) electrons. The molecule has 374 valence electrons. The van der Waals surface area contributed by atoms with Crippen molar-refractivity contribution < 1.29 is 21.9 Å². The molecule has 78 heavy (non-hydrogen) atoms. The fourth-order valence-electron chi connectivity index (χ4n) is 11.8. The van der Waals surface area contributed by atoms with Gasteiger partial charge in [-0.05, 0) is 106 Å². The van der Waals surface area contributed by atoms with Crippen LogP contribution >= 0.6 is 0 Å². The second-order valence-electron chi connectivity index (χ2n) is 22.1. The van der Waals surface area contributed by atoms with Gasteiger partial charge in [0.25, 0.3) is 0 Å². The first-order valence-electron chi connectivity index (χ1n) is 34.1. The third-order valence-electron chi connectivity index (χ3n) is 15.3. The standard InChI is InChI=1S/C74H58N4/c1-73(2,3)49-35-37-53(47-23-11-7-12-24-47)65(43-49)75(51-27-15-9-16-28-51)63-41-39-55-59-45-68-60(46-67(59)77-61-33-21-19-31-57(61)69(63)71(55)77)56-40-42-64(70-58-32-20-22-34-62(58)78(68)72(56)70)76(52-29-17-10-18-30-52)66-44-50(74(4,5)6)36-38-54(66)48-25-13-8-14-26-48/h7-46H,1-6H3/i9D,10D,15D,16D,17D,18D,27D,28D,29D,30D,35D,36D,37D,38D,43D,44D. The maximum atomic E-state index is 10.3. The molecule has 0 saturated carbocycles. The first-order valence-corrected chi connectivity index (χ1v) is 26.1. The number of aromatic nitrogens is 2. The van der Waals surface area contributed by atoms with E-state index in [-0.39, 0.29) is 81.3 Å². The van der Waals surface area contributed by atoms with Crippen molar-refractivity contribution in [3.63, 3.8) is 0 Å². The molecule has 15 rings (SSSR count). The molecule has 0 amide bonds. The molecule has 11 aromatic carbocycles. The van der Waals surface area contributed by atoms with Crippen LogP contribution in [-0.4, -0.2) is 8.80 Å². The molecule has 15 aromatic rings. The van der Waals surface area contributed by atoms with E-state index >= 15 is 0 Å². The summed E-state index contributed by atoms with van der Waals surface area (Å²) in [5.41, 5.74) is 5.08. The molecule has 0 N–H and O–H groups in total. The van der Waals surface area contributed by atoms with Crippen LogP contribution in [0.3, 0.4) is 0 Å². The van der Waals surface area contributed by atoms with Crippen LogP contribution in [0.2, 0.25) is 0 Å². The first-order chi connectivity index (χ1) is 44.7. The van der Waals surface area contributed by atoms with Crippen LogP contribution in [0.4, 0.5) is 34.1 Å². The minimum absolute atomic E-state index is 0.0697. The number of hydrogen-bond acceptors (Lipinski definition) is 2. The predicted molar refractivity (Wildman–Crippen MR) is 333 cm³/mol. The summed E-state index contributed by atoms with van der Waals surface area (Å²) < 4.78 is 156. The fraction of sp³-hybridized carbons (Fsp3) is 0.108. The second-order valence-corrected chi connectivity index (χ2v) is 22.1. The first kappa shape index (κ1) is 32.3. The van der Waals surface area contributed by atoms with E-state index in [1.54, 1.807) is 58.3 Å². The summed E-state index contributed by atoms with van der Waals surface area (Å²) in [6.07, 6.45) is 0. The smallest absolute Gasteiger partial charge is 0.0648 e. The molecule has 0 unspecified atom stereocenters. The number of rotatable bonds is 8. The van der Waals surface area contributed by atoms with E-state index in [0.717, 1.165) is 65.4 Å². The largest absolute Gasteiger partial charge is 0.309 e. The highest BCUT2D eigenvalue weighted by Gasteiger charge is 2.30. The summed E-state index contributed by atoms with van der Waals surface area (Å²) in [5, 5.41) is 6.01. The van der Waals surface area contributed by atoms with Gasteiger partial charge in [0.15, 0.2) is 0 Å². The lowest BCUT2D eigenvalue weighted by molar-refractivity contribution is 0.590. The Labute approximate surface area is 477 Å². The summed E-state index contributed by atoms with van der Waals surface area (Å²) in [5.74, 6) is 0. The Hall–Kier alpha value is -9.38. The van der Waals surface area contributed by atoms with Crippen LogP contribution < -0.4 is 9.80 Å². The fourth-order valence-corrected chi connectivity index (χ4v) is 11.8. The Morgan fingerprint density at radius 2 is 0.731 bits per heavy atom. The van der Waals surface area contributed by atoms with Gasteiger partial charge in [0.1, 0.15) is 0 Å². The number of hydrogen-bond donors (Lipinski definition) is 0. The molecular formula is C74H58N4. The number of anilines is 6. The maximum absolute atomic E-state index is 10.3. The van der Waals surface area contributed by atoms with Crippen LogP contribution in [0.25, 0.3) is 98.4 Å². The molecule has 0 atom stereocenters. The highest BCUT2D eigenvalue weighted by molar-refractivity contribution is 6.32. The minimum Gasteiger partial charge on any atom is -0.309 e. The second kappa shape index (κ2) is 17.1. The van der Waals surface area contributed by atoms with Crippen LogP contribution in [0.1, 0.15) is 74.6 Å². The Balaban J connectivity index is 1.08. The van der Waals surface area contributed by atoms with Gasteiger partial charge in [-0.25, -0.2) is 0 Å². The van der Waals surface area contributed by atoms with Crippen molar-refractivity contribution in [3.05, 3.63) is 253 Å². The molecule has 0 aliphatic carbocycles. The lowest BCUT2D eigenvalue weighted by atomic mass is 9.85. The van der Waals surface area contributed by atoms with Crippen molar-refractivity contribution >= 4 is 110 Å². The van der Waals surface area contributed by atoms with Crippen molar-refractivity contribution in [2.75, 3.05) is 9.80 Å². The average Bonchev–Trinajstić information content (AvgIpc) is 1.51. The third-order valence-corrected chi connectivity index (χ3v) is 15.3. The van der Waals surface area contributed by atoms with Gasteiger partial charge in [-0.1, -0.05) is 211 Å². The van der Waals surface area contributed by atoms with E-state index in [2.05, 4.69) is 20.9 Å². The van der Waals surface area contributed by atoms with Gasteiger partial charge in [-0.2, -0.15) is 0 Å². The van der Waals surface area contributed by atoms with E-state index in [9.17, 15) is 13.7 Å². The zero-order valence-corrected chi connectivity index (χ0v) is 43.6. The normalized spacial score (nSPS) is 15.4. The van der Waals surface area contributed by atoms with Crippen molar-refractivity contribution in [3.8, 4) is 22.3 Å². The third kappa shape index (κ3) is 6.85. The summed E-state index contributed by atoms with van der Waals surface area (Å²) in [6.45, 7) is 11.2. The van der Waals surface area contributed by atoms with Crippen LogP contribution in [0.5, 0.6) is 0 Å². The SMILES string of the molecule is [2H]c1c([2H])c([2H])c(N(c2c([2H])c(C(C)(C)C)c([2H])c([2H])c2-c2ccccc2)c2ccc3c4cc5c(cc4n4c6ccccc6c2c34)c2ccc(N(c3c([2H])c([2H])c([2H])c([2H])c3[2H])c3c([2H])c(C(C)(C)C)c([2H])c([2H])c3-c3ccccc3)c3c4ccccc4n5c23)c([2H])c1[2H]. The van der Waals surface area contributed by atoms with E-state index in [0.29, 0.717) is 33.3 Å². The molecule has 4 nitrogen and oxygen atoms in total. The van der Waals surface area contributed by atoms with Crippen molar-refractivity contribution in [2.24, 2.45) is 0 Å². The molecule has 4 aromatic heterocycles. The van der Waals surface area contributed by atoms with Gasteiger partial charge in [0.05, 0.1) is 77.8 Å². The van der Waals surface area contributed by atoms with Gasteiger partial charge in [0, 0.05) is 65.6 Å². The molecule has 0 aliphatic heterocycles. The number of para-hydroxylation sites is 4. The van der Waals surface area contributed by atoms with E-state index in [4.69, 9.17) is 8.22 Å². The molecule has 0 saturated heterocycles. The van der Waals surface area contributed by atoms with Gasteiger partial charge in [-0.3, -0.25) is 0 Å². The number of nitrogens with zero attached hydrogens (tertiary/aromatic N) is 4. The van der Waals surface area contributed by atoms with Crippen molar-refractivity contribution in [1.29, 1.82) is 0 Å². The summed E-state index contributed by atoms with van der Waals surface area (Å²) >= 11 is 0. The number of benzene rings is 11. The number of fused-ring (bicyclic) bond motifs is 12. The highest BCUT2D eigenvalue weighted by atomic mass is 15.2. The minimum atomic E-state index is -0.866. The molecule has 0 bridgehead atoms. The van der Waals surface area contributed by atoms with Gasteiger partial charge >= 0.3 is 0 Å². The highest BCUT2D eigenvalue weighted by Crippen LogP contribution is 2.53. The van der Waals surface area contributed by atoms with E-state index < -0.39 is 71.3 Å². The zero-order valence-electron chi connectivity index (χ0n) is 59.6. The molecule has 4 heteroatoms. The van der Waals surface area contributed by atoms with Crippen molar-refractivity contribution in [1.82, 2.24) is 8.80 Å². The molecule has 0 aliphatic rings. The molecule has 4 heterocycles. The van der Waals surface area contributed by atoms with Gasteiger partial charge in [-0.15, -0.1) is 0 Å². The monoisotopic (exact) mass is 1020 g/mol. The zero-order chi connectivity index (χ0) is 66.5. The average molecular weight is 1020 g/mol. The summed E-state index contributed by atoms with van der Waals surface area (Å²) in [6, 6.07) is 38.8. The van der Waals surface area contributed by atoms with Crippen LogP contribution in [-0.2, 0) is 10.8 Å². The van der Waals surface area contributed by atoms with Gasteiger partial charge < -0.3 is 18.6 Å². The van der Waals surface area contributed by atoms with Crippen LogP contribution in [0, 0.1) is 0 Å². The Morgan fingerprint density at radius 3 is 1.13 bits per heavy atom. The van der Waals surface area contributed by atoms with E-state index in [1.165, 1.54) is 0 Å². The van der Waals surface area contributed by atoms with Gasteiger partial charge in [0.2, 0.25) is 0 Å². The quantitative estimate of drug-likeness (QED) is 0.151. The molecular weight excluding hydrogens is 945 g/mol. The van der Waals surface area contributed by atoms with Crippen molar-refractivity contribution in [2.45, 2.75) is 52.4 Å². The summed E-state index contributed by atoms with van der Waals surface area (Å²) in [7, 11) is 0. The van der Waals surface area contributed by atoms with Crippen LogP contribution in [0.15, 0.2) is 242 Å². The Kier molecular flexibility index (Phi) is 7.06. The molecule has 0 spiro atoms. The molecule has 0 fully saturated rings. The topological polar surface area (TPSA) is 15.3 Å². The summed E-state index contributed by atoms with van der Waals surface area (Å²) in [4.78, 5) is 3.12. The predicted octanol–water partition coefficient (Wildman–Crippen LogP) is 20.9.